The third-order valence-corrected chi connectivity index (χ3v) is 5.67. The molecule has 5 nitrogen and oxygen atoms in total. The van der Waals surface area contributed by atoms with Gasteiger partial charge in [0, 0.05) is 36.8 Å². The Bertz CT molecular complexity index is 728. The minimum Gasteiger partial charge on any atom is -0.394 e. The number of fused-ring (bicyclic) bond motifs is 3. The van der Waals surface area contributed by atoms with Crippen LogP contribution in [0.1, 0.15) is 70.4 Å². The molecule has 0 radical (unpaired) electrons. The Labute approximate surface area is 168 Å². The number of hydrogen-bond acceptors (Lipinski definition) is 5. The number of ketones is 1. The lowest BCUT2D eigenvalue weighted by atomic mass is 9.96. The molecule has 1 aromatic carbocycles. The predicted molar refractivity (Wildman–Crippen MR) is 114 cm³/mol. The second kappa shape index (κ2) is 9.87. The van der Waals surface area contributed by atoms with Gasteiger partial charge in [-0.3, -0.25) is 4.79 Å². The molecular weight excluding hydrogens is 350 g/mol. The summed E-state index contributed by atoms with van der Waals surface area (Å²) in [5, 5.41) is 9.61. The van der Waals surface area contributed by atoms with Gasteiger partial charge in [0.05, 0.1) is 24.7 Å². The average molecular weight is 384 g/mol. The first kappa shape index (κ1) is 20.6. The van der Waals surface area contributed by atoms with Crippen LogP contribution in [-0.2, 0) is 4.79 Å². The monoisotopic (exact) mass is 383 g/mol. The SMILES string of the molecule is CCCCCCC(=O)CCCN1C=NC2=CN(C(C)CO)c3ccccc3C21. The highest BCUT2D eigenvalue weighted by molar-refractivity contribution is 5.78. The molecule has 1 aromatic rings. The summed E-state index contributed by atoms with van der Waals surface area (Å²) in [6.07, 6.45) is 10.8. The van der Waals surface area contributed by atoms with Crippen LogP contribution in [0.5, 0.6) is 0 Å². The van der Waals surface area contributed by atoms with Crippen molar-refractivity contribution in [2.45, 2.75) is 70.9 Å². The van der Waals surface area contributed by atoms with Crippen molar-refractivity contribution < 1.29 is 9.90 Å². The number of anilines is 1. The molecule has 0 fully saturated rings. The summed E-state index contributed by atoms with van der Waals surface area (Å²) in [4.78, 5) is 21.1. The van der Waals surface area contributed by atoms with E-state index in [0.29, 0.717) is 12.2 Å². The molecule has 2 atom stereocenters. The van der Waals surface area contributed by atoms with E-state index in [1.54, 1.807) is 0 Å². The lowest BCUT2D eigenvalue weighted by molar-refractivity contribution is -0.119. The van der Waals surface area contributed by atoms with Gasteiger partial charge in [-0.15, -0.1) is 0 Å². The van der Waals surface area contributed by atoms with E-state index in [9.17, 15) is 9.90 Å². The van der Waals surface area contributed by atoms with Crippen molar-refractivity contribution in [2.75, 3.05) is 18.1 Å². The van der Waals surface area contributed by atoms with E-state index in [1.807, 2.05) is 19.3 Å². The van der Waals surface area contributed by atoms with E-state index in [4.69, 9.17) is 0 Å². The number of nitrogens with zero attached hydrogens (tertiary/aromatic N) is 3. The third-order valence-electron chi connectivity index (χ3n) is 5.67. The highest BCUT2D eigenvalue weighted by Crippen LogP contribution is 2.43. The van der Waals surface area contributed by atoms with Gasteiger partial charge < -0.3 is 14.9 Å². The molecule has 5 heteroatoms. The summed E-state index contributed by atoms with van der Waals surface area (Å²) in [5.74, 6) is 0.384. The number of unbranched alkanes of at least 4 members (excludes halogenated alkanes) is 3. The minimum absolute atomic E-state index is 0.00387. The van der Waals surface area contributed by atoms with Crippen LogP contribution in [0.2, 0.25) is 0 Å². The maximum atomic E-state index is 12.1. The lowest BCUT2D eigenvalue weighted by Crippen LogP contribution is -2.37. The van der Waals surface area contributed by atoms with Gasteiger partial charge in [-0.25, -0.2) is 4.99 Å². The molecule has 2 aliphatic heterocycles. The summed E-state index contributed by atoms with van der Waals surface area (Å²) < 4.78 is 0. The molecule has 0 saturated carbocycles. The van der Waals surface area contributed by atoms with Gasteiger partial charge in [0.2, 0.25) is 0 Å². The number of Topliss-reactive ketones (excluding diaryl/α,β-unsaturated/α-hetero) is 1. The van der Waals surface area contributed by atoms with E-state index in [0.717, 1.165) is 43.6 Å². The van der Waals surface area contributed by atoms with Gasteiger partial charge >= 0.3 is 0 Å². The second-order valence-electron chi connectivity index (χ2n) is 7.89. The lowest BCUT2D eigenvalue weighted by Gasteiger charge is -2.37. The third kappa shape index (κ3) is 4.64. The number of carbonyl (C=O) groups is 1. The van der Waals surface area contributed by atoms with Crippen LogP contribution in [0.4, 0.5) is 5.69 Å². The first-order chi connectivity index (χ1) is 13.7. The Morgan fingerprint density at radius 1 is 1.18 bits per heavy atom. The fraction of sp³-hybridized carbons (Fsp3) is 0.565. The molecule has 2 aliphatic rings. The largest absolute Gasteiger partial charge is 0.394 e. The summed E-state index contributed by atoms with van der Waals surface area (Å²) in [6.45, 7) is 5.12. The van der Waals surface area contributed by atoms with Crippen LogP contribution >= 0.6 is 0 Å². The van der Waals surface area contributed by atoms with E-state index in [1.165, 1.54) is 18.4 Å². The van der Waals surface area contributed by atoms with E-state index in [2.05, 4.69) is 46.1 Å². The number of carbonyl (C=O) groups excluding carboxylic acids is 1. The zero-order chi connectivity index (χ0) is 19.9. The van der Waals surface area contributed by atoms with Crippen molar-refractivity contribution in [1.29, 1.82) is 0 Å². The molecule has 28 heavy (non-hydrogen) atoms. The molecule has 152 valence electrons. The summed E-state index contributed by atoms with van der Waals surface area (Å²) in [7, 11) is 0. The van der Waals surface area contributed by atoms with Crippen molar-refractivity contribution in [3.8, 4) is 0 Å². The number of rotatable bonds is 11. The number of benzene rings is 1. The van der Waals surface area contributed by atoms with Crippen molar-refractivity contribution in [1.82, 2.24) is 4.90 Å². The van der Waals surface area contributed by atoms with Crippen molar-refractivity contribution >= 4 is 17.8 Å². The van der Waals surface area contributed by atoms with Crippen LogP contribution < -0.4 is 4.90 Å². The molecule has 0 bridgehead atoms. The van der Waals surface area contributed by atoms with Gasteiger partial charge in [-0.05, 0) is 25.8 Å². The van der Waals surface area contributed by atoms with Crippen molar-refractivity contribution in [3.63, 3.8) is 0 Å². The Morgan fingerprint density at radius 2 is 1.96 bits per heavy atom. The molecule has 0 spiro atoms. The number of para-hydroxylation sites is 1. The van der Waals surface area contributed by atoms with Crippen LogP contribution in [0, 0.1) is 0 Å². The van der Waals surface area contributed by atoms with Gasteiger partial charge in [-0.1, -0.05) is 44.4 Å². The summed E-state index contributed by atoms with van der Waals surface area (Å²) in [6, 6.07) is 8.45. The van der Waals surface area contributed by atoms with Crippen LogP contribution in [0.25, 0.3) is 0 Å². The quantitative estimate of drug-likeness (QED) is 0.574. The Balaban J connectivity index is 1.60. The molecule has 2 unspecified atom stereocenters. The molecule has 0 amide bonds. The number of hydrogen-bond donors (Lipinski definition) is 1. The molecular formula is C23H33N3O2. The number of aliphatic hydroxyl groups excluding tert-OH is 1. The highest BCUT2D eigenvalue weighted by Gasteiger charge is 2.34. The van der Waals surface area contributed by atoms with Crippen molar-refractivity contribution in [2.24, 2.45) is 4.99 Å². The Kier molecular flexibility index (Phi) is 7.26. The number of aliphatic hydroxyl groups is 1. The van der Waals surface area contributed by atoms with E-state index in [-0.39, 0.29) is 18.7 Å². The van der Waals surface area contributed by atoms with Crippen LogP contribution in [0.3, 0.4) is 0 Å². The van der Waals surface area contributed by atoms with Crippen LogP contribution in [-0.4, -0.2) is 41.3 Å². The zero-order valence-corrected chi connectivity index (χ0v) is 17.2. The van der Waals surface area contributed by atoms with E-state index < -0.39 is 0 Å². The fourth-order valence-corrected chi connectivity index (χ4v) is 4.03. The van der Waals surface area contributed by atoms with Crippen molar-refractivity contribution in [3.05, 3.63) is 41.7 Å². The Hall–Kier alpha value is -2.14. The topological polar surface area (TPSA) is 56.1 Å². The molecule has 3 rings (SSSR count). The maximum absolute atomic E-state index is 12.1. The first-order valence-corrected chi connectivity index (χ1v) is 10.7. The zero-order valence-electron chi connectivity index (χ0n) is 17.2. The molecule has 0 aliphatic carbocycles. The van der Waals surface area contributed by atoms with Gasteiger partial charge in [-0.2, -0.15) is 0 Å². The van der Waals surface area contributed by atoms with Gasteiger partial charge in [0.15, 0.2) is 0 Å². The molecule has 1 N–H and O–H groups in total. The second-order valence-corrected chi connectivity index (χ2v) is 7.89. The average Bonchev–Trinajstić information content (AvgIpc) is 3.13. The molecule has 0 saturated heterocycles. The normalized spacial score (nSPS) is 18.7. The maximum Gasteiger partial charge on any atom is 0.132 e. The molecule has 0 aromatic heterocycles. The smallest absolute Gasteiger partial charge is 0.132 e. The standard InChI is InChI=1S/C23H33N3O2/c1-3-4-5-6-10-19(28)11-9-14-25-17-24-21-15-26(18(2)16-27)22-13-8-7-12-20(22)23(21)25/h7-8,12-13,15,17-18,23,27H,3-6,9-11,14,16H2,1-2H3. The predicted octanol–water partition coefficient (Wildman–Crippen LogP) is 4.43. The number of aliphatic imine (C=N–C) groups is 1. The van der Waals surface area contributed by atoms with E-state index >= 15 is 0 Å². The summed E-state index contributed by atoms with van der Waals surface area (Å²) in [5.41, 5.74) is 3.34. The first-order valence-electron chi connectivity index (χ1n) is 10.7. The summed E-state index contributed by atoms with van der Waals surface area (Å²) >= 11 is 0. The molecule has 2 heterocycles. The van der Waals surface area contributed by atoms with Gasteiger partial charge in [0.1, 0.15) is 11.8 Å². The highest BCUT2D eigenvalue weighted by atomic mass is 16.3. The minimum atomic E-state index is 0.00387. The Morgan fingerprint density at radius 3 is 2.75 bits per heavy atom. The van der Waals surface area contributed by atoms with Crippen LogP contribution in [0.15, 0.2) is 41.2 Å². The fourth-order valence-electron chi connectivity index (χ4n) is 4.03. The van der Waals surface area contributed by atoms with Gasteiger partial charge in [0.25, 0.3) is 0 Å².